The minimum absolute atomic E-state index is 0. The molecule has 1 unspecified atom stereocenters. The second-order valence-electron chi connectivity index (χ2n) is 5.80. The van der Waals surface area contributed by atoms with Crippen molar-refractivity contribution >= 4 is 58.8 Å². The number of amides is 1. The van der Waals surface area contributed by atoms with Crippen LogP contribution in [-0.4, -0.2) is 38.0 Å². The van der Waals surface area contributed by atoms with E-state index in [2.05, 4.69) is 45.4 Å². The summed E-state index contributed by atoms with van der Waals surface area (Å²) in [5.74, 6) is 0.957. The number of carbonyl (C=O) groups excluding carboxylic acids is 1. The smallest absolute Gasteiger partial charge is 0.252 e. The largest absolute Gasteiger partial charge is 0.357 e. The van der Waals surface area contributed by atoms with Gasteiger partial charge in [0.05, 0.1) is 17.1 Å². The zero-order chi connectivity index (χ0) is 18.8. The average molecular weight is 521 g/mol. The van der Waals surface area contributed by atoms with Crippen LogP contribution in [-0.2, 0) is 0 Å². The number of benzene rings is 1. The molecular weight excluding hydrogens is 495 g/mol. The number of rotatable bonds is 8. The van der Waals surface area contributed by atoms with Gasteiger partial charge in [0.15, 0.2) is 5.96 Å². The van der Waals surface area contributed by atoms with Crippen LogP contribution in [0.3, 0.4) is 0 Å². The van der Waals surface area contributed by atoms with Gasteiger partial charge in [-0.2, -0.15) is 0 Å². The molecule has 0 bridgehead atoms. The molecule has 1 heterocycles. The Kier molecular flexibility index (Phi) is 11.4. The molecule has 1 aromatic carbocycles. The van der Waals surface area contributed by atoms with Gasteiger partial charge in [-0.05, 0) is 30.5 Å². The number of hydrogen-bond donors (Lipinski definition) is 3. The molecule has 2 aromatic rings. The summed E-state index contributed by atoms with van der Waals surface area (Å²) in [6, 6.07) is 11.2. The highest BCUT2D eigenvalue weighted by molar-refractivity contribution is 14.0. The molecule has 0 saturated carbocycles. The second kappa shape index (κ2) is 13.0. The number of thiophene rings is 1. The zero-order valence-corrected chi connectivity index (χ0v) is 19.4. The van der Waals surface area contributed by atoms with Gasteiger partial charge in [0, 0.05) is 30.4 Å². The van der Waals surface area contributed by atoms with E-state index >= 15 is 0 Å². The van der Waals surface area contributed by atoms with Crippen molar-refractivity contribution in [2.45, 2.75) is 19.8 Å². The lowest BCUT2D eigenvalue weighted by atomic mass is 10.1. The first-order chi connectivity index (χ1) is 12.6. The lowest BCUT2D eigenvalue weighted by Crippen LogP contribution is -2.41. The van der Waals surface area contributed by atoms with E-state index in [1.807, 2.05) is 6.92 Å². The van der Waals surface area contributed by atoms with E-state index in [0.29, 0.717) is 36.1 Å². The number of guanidine groups is 1. The summed E-state index contributed by atoms with van der Waals surface area (Å²) in [5, 5.41) is 11.9. The number of hydrogen-bond acceptors (Lipinski definition) is 3. The molecule has 3 N–H and O–H groups in total. The number of halogens is 2. The third-order valence-corrected chi connectivity index (χ3v) is 5.15. The van der Waals surface area contributed by atoms with E-state index in [1.165, 1.54) is 4.88 Å². The fraction of sp³-hybridized carbons (Fsp3) is 0.368. The topological polar surface area (TPSA) is 65.5 Å². The Morgan fingerprint density at radius 1 is 1.15 bits per heavy atom. The van der Waals surface area contributed by atoms with Gasteiger partial charge in [0.2, 0.25) is 0 Å². The zero-order valence-electron chi connectivity index (χ0n) is 15.5. The third-order valence-electron chi connectivity index (χ3n) is 3.72. The number of aliphatic imine (C=N–C) groups is 1. The molecule has 0 aliphatic rings. The van der Waals surface area contributed by atoms with Gasteiger partial charge in [-0.15, -0.1) is 35.3 Å². The number of nitrogens with zero attached hydrogens (tertiary/aromatic N) is 1. The molecule has 1 aromatic heterocycles. The molecule has 0 saturated heterocycles. The second-order valence-corrected chi connectivity index (χ2v) is 7.19. The number of nitrogens with one attached hydrogen (secondary N) is 3. The SMILES string of the molecule is CCNC(=NCC(C)c1cccs1)NCCNC(=O)c1ccccc1Cl.I. The van der Waals surface area contributed by atoms with Gasteiger partial charge in [0.25, 0.3) is 5.91 Å². The first-order valence-corrected chi connectivity index (χ1v) is 9.96. The van der Waals surface area contributed by atoms with Crippen molar-refractivity contribution in [1.29, 1.82) is 0 Å². The summed E-state index contributed by atoms with van der Waals surface area (Å²) >= 11 is 7.78. The minimum Gasteiger partial charge on any atom is -0.357 e. The highest BCUT2D eigenvalue weighted by atomic mass is 127. The van der Waals surface area contributed by atoms with Gasteiger partial charge >= 0.3 is 0 Å². The average Bonchev–Trinajstić information content (AvgIpc) is 3.18. The summed E-state index contributed by atoms with van der Waals surface area (Å²) in [6.45, 7) is 6.75. The minimum atomic E-state index is -0.175. The van der Waals surface area contributed by atoms with Crippen LogP contribution in [0.2, 0.25) is 5.02 Å². The van der Waals surface area contributed by atoms with Crippen molar-refractivity contribution < 1.29 is 4.79 Å². The first kappa shape index (κ1) is 23.7. The lowest BCUT2D eigenvalue weighted by Gasteiger charge is -2.13. The van der Waals surface area contributed by atoms with Crippen LogP contribution in [0.25, 0.3) is 0 Å². The molecule has 0 aliphatic carbocycles. The Labute approximate surface area is 187 Å². The van der Waals surface area contributed by atoms with Gasteiger partial charge in [-0.25, -0.2) is 0 Å². The summed E-state index contributed by atoms with van der Waals surface area (Å²) in [5.41, 5.74) is 0.486. The van der Waals surface area contributed by atoms with Crippen LogP contribution in [0.4, 0.5) is 0 Å². The normalized spacial score (nSPS) is 12.0. The Morgan fingerprint density at radius 3 is 2.56 bits per heavy atom. The van der Waals surface area contributed by atoms with E-state index in [-0.39, 0.29) is 29.9 Å². The predicted molar refractivity (Wildman–Crippen MR) is 126 cm³/mol. The van der Waals surface area contributed by atoms with Crippen molar-refractivity contribution in [3.63, 3.8) is 0 Å². The fourth-order valence-electron chi connectivity index (χ4n) is 2.33. The Bertz CT molecular complexity index is 724. The van der Waals surface area contributed by atoms with Crippen molar-refractivity contribution in [2.75, 3.05) is 26.2 Å². The van der Waals surface area contributed by atoms with E-state index in [1.54, 1.807) is 35.6 Å². The van der Waals surface area contributed by atoms with E-state index in [0.717, 1.165) is 12.5 Å². The molecule has 1 atom stereocenters. The maximum absolute atomic E-state index is 12.1. The molecule has 148 valence electrons. The summed E-state index contributed by atoms with van der Waals surface area (Å²) in [6.07, 6.45) is 0. The molecule has 0 aliphatic heterocycles. The van der Waals surface area contributed by atoms with Crippen LogP contribution >= 0.6 is 46.9 Å². The molecular formula is C19H26ClIN4OS. The first-order valence-electron chi connectivity index (χ1n) is 8.70. The van der Waals surface area contributed by atoms with E-state index < -0.39 is 0 Å². The number of carbonyl (C=O) groups is 1. The van der Waals surface area contributed by atoms with Crippen molar-refractivity contribution in [3.8, 4) is 0 Å². The molecule has 0 fully saturated rings. The summed E-state index contributed by atoms with van der Waals surface area (Å²) < 4.78 is 0. The third kappa shape index (κ3) is 8.06. The van der Waals surface area contributed by atoms with Gasteiger partial charge in [0.1, 0.15) is 0 Å². The van der Waals surface area contributed by atoms with Crippen LogP contribution < -0.4 is 16.0 Å². The van der Waals surface area contributed by atoms with Gasteiger partial charge in [-0.1, -0.05) is 36.7 Å². The molecule has 2 rings (SSSR count). The van der Waals surface area contributed by atoms with Crippen LogP contribution in [0, 0.1) is 0 Å². The maximum Gasteiger partial charge on any atom is 0.252 e. The molecule has 5 nitrogen and oxygen atoms in total. The van der Waals surface area contributed by atoms with Crippen molar-refractivity contribution in [3.05, 3.63) is 57.2 Å². The molecule has 8 heteroatoms. The van der Waals surface area contributed by atoms with Crippen LogP contribution in [0.5, 0.6) is 0 Å². The highest BCUT2D eigenvalue weighted by Gasteiger charge is 2.09. The van der Waals surface area contributed by atoms with Crippen molar-refractivity contribution in [1.82, 2.24) is 16.0 Å². The molecule has 0 spiro atoms. The molecule has 0 radical (unpaired) electrons. The fourth-order valence-corrected chi connectivity index (χ4v) is 3.33. The monoisotopic (exact) mass is 520 g/mol. The van der Waals surface area contributed by atoms with E-state index in [9.17, 15) is 4.79 Å². The Balaban J connectivity index is 0.00000364. The van der Waals surface area contributed by atoms with Crippen LogP contribution in [0.1, 0.15) is 35.0 Å². The van der Waals surface area contributed by atoms with Gasteiger partial charge in [-0.3, -0.25) is 9.79 Å². The molecule has 27 heavy (non-hydrogen) atoms. The van der Waals surface area contributed by atoms with Crippen molar-refractivity contribution in [2.24, 2.45) is 4.99 Å². The summed E-state index contributed by atoms with van der Waals surface area (Å²) in [7, 11) is 0. The quantitative estimate of drug-likeness (QED) is 0.212. The van der Waals surface area contributed by atoms with Gasteiger partial charge < -0.3 is 16.0 Å². The lowest BCUT2D eigenvalue weighted by molar-refractivity contribution is 0.0954. The predicted octanol–water partition coefficient (Wildman–Crippen LogP) is 4.11. The molecule has 1 amide bonds. The Morgan fingerprint density at radius 2 is 1.89 bits per heavy atom. The summed E-state index contributed by atoms with van der Waals surface area (Å²) in [4.78, 5) is 18.1. The standard InChI is InChI=1S/C19H25ClN4OS.HI/c1-3-21-19(24-13-14(2)17-9-6-12-26-17)23-11-10-22-18(25)15-7-4-5-8-16(15)20;/h4-9,12,14H,3,10-11,13H2,1-2H3,(H,22,25)(H2,21,23,24);1H. The highest BCUT2D eigenvalue weighted by Crippen LogP contribution is 2.20. The maximum atomic E-state index is 12.1. The van der Waals surface area contributed by atoms with E-state index in [4.69, 9.17) is 11.6 Å². The van der Waals surface area contributed by atoms with Crippen LogP contribution in [0.15, 0.2) is 46.8 Å². The Hall–Kier alpha value is -1.32.